The monoisotopic (exact) mass is 534 g/mol. The number of urea groups is 1. The predicted molar refractivity (Wildman–Crippen MR) is 134 cm³/mol. The molecule has 1 saturated carbocycles. The zero-order valence-electron chi connectivity index (χ0n) is 23.1. The van der Waals surface area contributed by atoms with E-state index < -0.39 is 29.4 Å². The Hall–Kier alpha value is -3.35. The summed E-state index contributed by atoms with van der Waals surface area (Å²) in [7, 11) is 1.66. The van der Waals surface area contributed by atoms with Crippen molar-refractivity contribution in [1.82, 2.24) is 25.3 Å². The summed E-state index contributed by atoms with van der Waals surface area (Å²) in [6.45, 7) is 11.1. The number of hydroxylamine groups is 2. The second-order valence-electron chi connectivity index (χ2n) is 12.3. The summed E-state index contributed by atoms with van der Waals surface area (Å²) in [5, 5.41) is 17.9. The molecule has 0 unspecified atom stereocenters. The second kappa shape index (κ2) is 9.75. The van der Waals surface area contributed by atoms with Crippen molar-refractivity contribution in [3.8, 4) is 0 Å². The third-order valence-corrected chi connectivity index (χ3v) is 6.86. The first-order valence-electron chi connectivity index (χ1n) is 12.8. The Bertz CT molecular complexity index is 1110. The lowest BCUT2D eigenvalue weighted by Crippen LogP contribution is -2.45. The van der Waals surface area contributed by atoms with Gasteiger partial charge in [-0.25, -0.2) is 19.4 Å². The van der Waals surface area contributed by atoms with Gasteiger partial charge in [0.05, 0.1) is 12.1 Å². The molecule has 38 heavy (non-hydrogen) atoms. The van der Waals surface area contributed by atoms with Crippen LogP contribution in [0.3, 0.4) is 0 Å². The summed E-state index contributed by atoms with van der Waals surface area (Å²) in [4.78, 5) is 44.5. The molecule has 2 aliphatic heterocycles. The minimum absolute atomic E-state index is 0.0343. The highest BCUT2D eigenvalue weighted by molar-refractivity contribution is 5.98. The van der Waals surface area contributed by atoms with Gasteiger partial charge in [0.15, 0.2) is 0 Å². The quantitative estimate of drug-likeness (QED) is 0.335. The van der Waals surface area contributed by atoms with Crippen LogP contribution in [0.5, 0.6) is 0 Å². The maximum atomic E-state index is 12.6. The van der Waals surface area contributed by atoms with Gasteiger partial charge in [0.1, 0.15) is 22.7 Å². The smallest absolute Gasteiger partial charge is 0.437 e. The van der Waals surface area contributed by atoms with Gasteiger partial charge in [-0.3, -0.25) is 10.5 Å². The van der Waals surface area contributed by atoms with Crippen molar-refractivity contribution in [3.05, 3.63) is 17.5 Å². The van der Waals surface area contributed by atoms with Gasteiger partial charge >= 0.3 is 18.2 Å². The number of fused-ring (bicyclic) bond motifs is 3. The zero-order chi connectivity index (χ0) is 28.0. The first kappa shape index (κ1) is 27.7. The lowest BCUT2D eigenvalue weighted by molar-refractivity contribution is -0.0782. The molecule has 2 atom stereocenters. The summed E-state index contributed by atoms with van der Waals surface area (Å²) < 4.78 is 16.1. The SMILES string of the molecule is CN(CCc1cc([C@@H]2CC3(CC3)[C@@H]3CN2C(=O)N3O)no1)C(=NC(=O)OC(C)(C)C)NC(=O)OC(C)(C)C. The molecule has 3 fully saturated rings. The molecule has 2 saturated heterocycles. The van der Waals surface area contributed by atoms with Gasteiger partial charge in [-0.15, -0.1) is 4.99 Å². The fourth-order valence-corrected chi connectivity index (χ4v) is 4.88. The number of carbonyl (C=O) groups is 3. The average molecular weight is 535 g/mol. The minimum Gasteiger partial charge on any atom is -0.444 e. The number of nitrogens with zero attached hydrogens (tertiary/aromatic N) is 5. The molecule has 1 spiro atoms. The van der Waals surface area contributed by atoms with Gasteiger partial charge in [0, 0.05) is 32.6 Å². The van der Waals surface area contributed by atoms with Crippen molar-refractivity contribution in [2.75, 3.05) is 20.1 Å². The van der Waals surface area contributed by atoms with Crippen LogP contribution in [-0.2, 0) is 15.9 Å². The summed E-state index contributed by atoms with van der Waals surface area (Å²) in [5.74, 6) is 0.535. The van der Waals surface area contributed by atoms with Gasteiger partial charge in [-0.1, -0.05) is 5.16 Å². The normalized spacial score (nSPS) is 22.5. The van der Waals surface area contributed by atoms with Crippen LogP contribution in [-0.4, -0.2) is 86.8 Å². The molecule has 13 heteroatoms. The maximum absolute atomic E-state index is 12.6. The van der Waals surface area contributed by atoms with Gasteiger partial charge in [0.2, 0.25) is 5.96 Å². The van der Waals surface area contributed by atoms with E-state index in [2.05, 4.69) is 15.5 Å². The van der Waals surface area contributed by atoms with Crippen LogP contribution in [0.25, 0.3) is 0 Å². The third kappa shape index (κ3) is 6.20. The standard InChI is InChI=1S/C25H38N6O7/c1-23(2,3)36-20(32)26-19(27-21(33)37-24(4,5)6)29(7)11-8-15-12-16(28-38-15)17-13-25(9-10-25)18-14-30(17)22(34)31(18)35/h12,17-18,35H,8-11,13-14H2,1-7H3,(H,26,27,32,33)/t17-,18-/m0/s1. The molecule has 0 radical (unpaired) electrons. The average Bonchev–Trinajstić information content (AvgIpc) is 3.28. The molecule has 0 aromatic carbocycles. The number of piperidine rings is 1. The molecule has 3 heterocycles. The Kier molecular flexibility index (Phi) is 7.10. The second-order valence-corrected chi connectivity index (χ2v) is 12.3. The molecule has 1 aromatic rings. The fraction of sp³-hybridized carbons (Fsp3) is 0.720. The van der Waals surface area contributed by atoms with Crippen molar-refractivity contribution in [1.29, 1.82) is 0 Å². The molecule has 13 nitrogen and oxygen atoms in total. The van der Waals surface area contributed by atoms with Crippen LogP contribution in [0.1, 0.15) is 78.3 Å². The van der Waals surface area contributed by atoms with Crippen LogP contribution in [0.15, 0.2) is 15.6 Å². The van der Waals surface area contributed by atoms with Crippen molar-refractivity contribution in [2.45, 2.75) is 90.5 Å². The molecule has 4 amide bonds. The summed E-state index contributed by atoms with van der Waals surface area (Å²) >= 11 is 0. The van der Waals surface area contributed by atoms with Gasteiger partial charge in [0.25, 0.3) is 0 Å². The summed E-state index contributed by atoms with van der Waals surface area (Å²) in [6, 6.07) is 0.997. The van der Waals surface area contributed by atoms with Gasteiger partial charge in [-0.2, -0.15) is 0 Å². The topological polar surface area (TPSA) is 150 Å². The number of nitrogens with one attached hydrogen (secondary N) is 1. The van der Waals surface area contributed by atoms with Crippen LogP contribution in [0.4, 0.5) is 14.4 Å². The van der Waals surface area contributed by atoms with Crippen molar-refractivity contribution in [3.63, 3.8) is 0 Å². The minimum atomic E-state index is -0.852. The van der Waals surface area contributed by atoms with E-state index in [0.717, 1.165) is 24.3 Å². The number of rotatable bonds is 4. The van der Waals surface area contributed by atoms with E-state index in [0.29, 0.717) is 31.0 Å². The number of alkyl carbamates (subject to hydrolysis) is 1. The fourth-order valence-electron chi connectivity index (χ4n) is 4.88. The van der Waals surface area contributed by atoms with Gasteiger partial charge < -0.3 is 23.8 Å². The highest BCUT2D eigenvalue weighted by Gasteiger charge is 2.63. The van der Waals surface area contributed by atoms with E-state index in [4.69, 9.17) is 14.0 Å². The number of aromatic nitrogens is 1. The first-order chi connectivity index (χ1) is 17.6. The number of aliphatic imine (C=N–C) groups is 1. The Balaban J connectivity index is 1.42. The molecular weight excluding hydrogens is 496 g/mol. The molecule has 1 aliphatic carbocycles. The van der Waals surface area contributed by atoms with E-state index in [1.165, 1.54) is 0 Å². The van der Waals surface area contributed by atoms with Crippen LogP contribution in [0.2, 0.25) is 0 Å². The summed E-state index contributed by atoms with van der Waals surface area (Å²) in [6.07, 6.45) is 1.46. The number of hydrogen-bond acceptors (Lipinski definition) is 8. The highest BCUT2D eigenvalue weighted by atomic mass is 16.6. The van der Waals surface area contributed by atoms with E-state index in [1.54, 1.807) is 58.4 Å². The number of likely N-dealkylation sites (N-methyl/N-ethyl adjacent to an activating group) is 1. The Labute approximate surface area is 222 Å². The van der Waals surface area contributed by atoms with Gasteiger partial charge in [-0.05, 0) is 66.2 Å². The number of guanidine groups is 1. The van der Waals surface area contributed by atoms with Crippen molar-refractivity contribution < 1.29 is 33.6 Å². The predicted octanol–water partition coefficient (Wildman–Crippen LogP) is 3.69. The Morgan fingerprint density at radius 1 is 1.24 bits per heavy atom. The zero-order valence-corrected chi connectivity index (χ0v) is 23.1. The molecule has 210 valence electrons. The lowest BCUT2D eigenvalue weighted by atomic mass is 9.84. The molecule has 4 rings (SSSR count). The number of carbonyl (C=O) groups excluding carboxylic acids is 3. The van der Waals surface area contributed by atoms with E-state index in [9.17, 15) is 19.6 Å². The molecule has 1 aromatic heterocycles. The Morgan fingerprint density at radius 3 is 2.50 bits per heavy atom. The largest absolute Gasteiger partial charge is 0.444 e. The van der Waals surface area contributed by atoms with Crippen molar-refractivity contribution in [2.24, 2.45) is 10.4 Å². The maximum Gasteiger partial charge on any atom is 0.437 e. The third-order valence-electron chi connectivity index (χ3n) is 6.86. The number of hydrogen-bond donors (Lipinski definition) is 2. The van der Waals surface area contributed by atoms with Crippen molar-refractivity contribution >= 4 is 24.2 Å². The van der Waals surface area contributed by atoms with E-state index >= 15 is 0 Å². The van der Waals surface area contributed by atoms with Crippen LogP contribution < -0.4 is 5.32 Å². The van der Waals surface area contributed by atoms with Crippen LogP contribution >= 0.6 is 0 Å². The molecule has 2 N–H and O–H groups in total. The van der Waals surface area contributed by atoms with Crippen LogP contribution in [0, 0.1) is 5.41 Å². The molecule has 3 aliphatic rings. The van der Waals surface area contributed by atoms with E-state index in [-0.39, 0.29) is 23.5 Å². The molecule has 2 bridgehead atoms. The van der Waals surface area contributed by atoms with E-state index in [1.807, 2.05) is 6.07 Å². The number of ether oxygens (including phenoxy) is 2. The number of amides is 4. The first-order valence-corrected chi connectivity index (χ1v) is 12.8. The lowest BCUT2D eigenvalue weighted by Gasteiger charge is -2.35. The highest BCUT2D eigenvalue weighted by Crippen LogP contribution is 2.61. The Morgan fingerprint density at radius 2 is 1.89 bits per heavy atom. The molecular formula is C25H38N6O7. The summed E-state index contributed by atoms with van der Waals surface area (Å²) in [5.41, 5.74) is -0.904.